The molecule has 7 nitrogen and oxygen atoms in total. The van der Waals surface area contributed by atoms with Crippen LogP contribution < -0.4 is 10.2 Å². The van der Waals surface area contributed by atoms with Crippen LogP contribution in [0.3, 0.4) is 0 Å². The van der Waals surface area contributed by atoms with Crippen LogP contribution in [0.1, 0.15) is 47.9 Å². The van der Waals surface area contributed by atoms with E-state index in [0.29, 0.717) is 29.3 Å². The molecule has 3 heterocycles. The number of carboxylic acid groups (broad SMARTS) is 1. The Morgan fingerprint density at radius 2 is 2.09 bits per heavy atom. The summed E-state index contributed by atoms with van der Waals surface area (Å²) in [5.41, 5.74) is 6.71. The number of aliphatic carboxylic acids is 1. The van der Waals surface area contributed by atoms with E-state index in [9.17, 15) is 9.90 Å². The van der Waals surface area contributed by atoms with Crippen LogP contribution in [0.4, 0.5) is 23.1 Å². The first-order chi connectivity index (χ1) is 16.8. The number of rotatable bonds is 5. The van der Waals surface area contributed by atoms with Gasteiger partial charge in [-0.25, -0.2) is 4.98 Å². The first-order valence-electron chi connectivity index (χ1n) is 12.0. The summed E-state index contributed by atoms with van der Waals surface area (Å²) in [6.07, 6.45) is 3.96. The molecule has 3 aromatic rings. The highest BCUT2D eigenvalue weighted by atomic mass is 35.5. The molecule has 0 radical (unpaired) electrons. The number of carbonyl (C=O) groups is 1. The van der Waals surface area contributed by atoms with Crippen molar-refractivity contribution in [2.24, 2.45) is 0 Å². The molecule has 0 fully saturated rings. The highest BCUT2D eigenvalue weighted by Crippen LogP contribution is 2.47. The van der Waals surface area contributed by atoms with Gasteiger partial charge in [0, 0.05) is 36.4 Å². The average molecular weight is 490 g/mol. The van der Waals surface area contributed by atoms with E-state index in [1.54, 1.807) is 6.20 Å². The lowest BCUT2D eigenvalue weighted by Gasteiger charge is -2.30. The molecule has 6 rings (SSSR count). The lowest BCUT2D eigenvalue weighted by Crippen LogP contribution is -2.31. The van der Waals surface area contributed by atoms with Gasteiger partial charge in [-0.15, -0.1) is 0 Å². The van der Waals surface area contributed by atoms with E-state index in [4.69, 9.17) is 16.6 Å². The predicted octanol–water partition coefficient (Wildman–Crippen LogP) is 5.23. The minimum atomic E-state index is -0.825. The number of aryl methyl sites for hydroxylation is 1. The molecule has 2 aliphatic heterocycles. The summed E-state index contributed by atoms with van der Waals surface area (Å²) in [4.78, 5) is 25.3. The third-order valence-electron chi connectivity index (χ3n) is 7.63. The molecule has 3 aliphatic rings. The van der Waals surface area contributed by atoms with E-state index in [1.807, 2.05) is 36.1 Å². The van der Waals surface area contributed by atoms with Crippen LogP contribution in [-0.4, -0.2) is 46.1 Å². The van der Waals surface area contributed by atoms with Crippen LogP contribution >= 0.6 is 11.6 Å². The van der Waals surface area contributed by atoms with Crippen LogP contribution in [0.25, 0.3) is 0 Å². The van der Waals surface area contributed by atoms with E-state index < -0.39 is 11.4 Å². The van der Waals surface area contributed by atoms with Gasteiger partial charge in [-0.05, 0) is 66.3 Å². The summed E-state index contributed by atoms with van der Waals surface area (Å²) in [6.45, 7) is 4.54. The summed E-state index contributed by atoms with van der Waals surface area (Å²) in [7, 11) is 2.18. The first kappa shape index (κ1) is 22.3. The number of hydrogen-bond donors (Lipinski definition) is 2. The quantitative estimate of drug-likeness (QED) is 0.507. The maximum Gasteiger partial charge on any atom is 0.304 e. The zero-order chi connectivity index (χ0) is 24.3. The third kappa shape index (κ3) is 3.83. The lowest BCUT2D eigenvalue weighted by molar-refractivity contribution is -0.138. The summed E-state index contributed by atoms with van der Waals surface area (Å²) in [5.74, 6) is 0.864. The molecule has 8 heteroatoms. The molecule has 0 saturated heterocycles. The van der Waals surface area contributed by atoms with Crippen molar-refractivity contribution in [3.63, 3.8) is 0 Å². The SMILES string of the molecule is CN1Cc2cc(Nc3ncc(Cl)c(N4CC(C)(CC(=O)O)c5ccccc54)n3)cc3c2C(CC3)C1. The van der Waals surface area contributed by atoms with Crippen molar-refractivity contribution in [2.45, 2.75) is 44.1 Å². The van der Waals surface area contributed by atoms with E-state index in [1.165, 1.54) is 23.1 Å². The molecule has 2 aromatic carbocycles. The van der Waals surface area contributed by atoms with Gasteiger partial charge in [0.25, 0.3) is 0 Å². The van der Waals surface area contributed by atoms with Crippen LogP contribution in [0.5, 0.6) is 0 Å². The monoisotopic (exact) mass is 489 g/mol. The van der Waals surface area contributed by atoms with Gasteiger partial charge in [0.2, 0.25) is 5.95 Å². The molecule has 35 heavy (non-hydrogen) atoms. The topological polar surface area (TPSA) is 81.6 Å². The smallest absolute Gasteiger partial charge is 0.304 e. The maximum absolute atomic E-state index is 11.6. The van der Waals surface area contributed by atoms with Crippen LogP contribution in [0.2, 0.25) is 5.02 Å². The molecule has 1 aromatic heterocycles. The van der Waals surface area contributed by atoms with E-state index in [2.05, 4.69) is 34.4 Å². The van der Waals surface area contributed by atoms with Gasteiger partial charge in [0.15, 0.2) is 5.82 Å². The van der Waals surface area contributed by atoms with E-state index >= 15 is 0 Å². The molecule has 0 spiro atoms. The number of aromatic nitrogens is 2. The van der Waals surface area contributed by atoms with Crippen molar-refractivity contribution >= 4 is 40.7 Å². The second kappa shape index (κ2) is 8.21. The number of fused-ring (bicyclic) bond motifs is 1. The highest BCUT2D eigenvalue weighted by molar-refractivity contribution is 6.33. The molecule has 0 amide bonds. The van der Waals surface area contributed by atoms with Gasteiger partial charge in [-0.2, -0.15) is 4.98 Å². The number of para-hydroxylation sites is 1. The van der Waals surface area contributed by atoms with E-state index in [0.717, 1.165) is 36.4 Å². The summed E-state index contributed by atoms with van der Waals surface area (Å²) in [6, 6.07) is 12.3. The Morgan fingerprint density at radius 3 is 2.91 bits per heavy atom. The molecule has 2 N–H and O–H groups in total. The molecule has 1 aliphatic carbocycles. The van der Waals surface area contributed by atoms with Crippen LogP contribution in [-0.2, 0) is 23.2 Å². The van der Waals surface area contributed by atoms with Crippen molar-refractivity contribution < 1.29 is 9.90 Å². The maximum atomic E-state index is 11.6. The third-order valence-corrected chi connectivity index (χ3v) is 7.89. The minimum Gasteiger partial charge on any atom is -0.481 e. The Labute approximate surface area is 209 Å². The molecule has 0 bridgehead atoms. The van der Waals surface area contributed by atoms with E-state index in [-0.39, 0.29) is 6.42 Å². The van der Waals surface area contributed by atoms with Gasteiger partial charge in [-0.3, -0.25) is 4.79 Å². The molecular weight excluding hydrogens is 462 g/mol. The van der Waals surface area contributed by atoms with Gasteiger partial charge in [-0.1, -0.05) is 36.7 Å². The van der Waals surface area contributed by atoms with Gasteiger partial charge in [0.1, 0.15) is 5.02 Å². The predicted molar refractivity (Wildman–Crippen MR) is 137 cm³/mol. The number of nitrogens with zero attached hydrogens (tertiary/aromatic N) is 4. The zero-order valence-corrected chi connectivity index (χ0v) is 20.6. The Hall–Kier alpha value is -3.16. The fraction of sp³-hybridized carbons (Fsp3) is 0.370. The average Bonchev–Trinajstić information content (AvgIpc) is 3.34. The van der Waals surface area contributed by atoms with Crippen molar-refractivity contribution in [2.75, 3.05) is 30.4 Å². The van der Waals surface area contributed by atoms with Crippen molar-refractivity contribution in [3.8, 4) is 0 Å². The summed E-state index contributed by atoms with van der Waals surface area (Å²) >= 11 is 6.59. The van der Waals surface area contributed by atoms with Gasteiger partial charge < -0.3 is 20.2 Å². The Kier molecular flexibility index (Phi) is 5.23. The molecule has 2 unspecified atom stereocenters. The van der Waals surface area contributed by atoms with Gasteiger partial charge >= 0.3 is 5.97 Å². The number of anilines is 4. The number of benzene rings is 2. The number of hydrogen-bond acceptors (Lipinski definition) is 6. The van der Waals surface area contributed by atoms with Gasteiger partial charge in [0.05, 0.1) is 12.6 Å². The lowest BCUT2D eigenvalue weighted by atomic mass is 9.81. The second-order valence-electron chi connectivity index (χ2n) is 10.4. The number of likely N-dealkylation sites (N-methyl/N-ethyl adjacent to an activating group) is 1. The number of nitrogens with one attached hydrogen (secondary N) is 1. The highest BCUT2D eigenvalue weighted by Gasteiger charge is 2.42. The summed E-state index contributed by atoms with van der Waals surface area (Å²) < 4.78 is 0. The van der Waals surface area contributed by atoms with Crippen LogP contribution in [0, 0.1) is 0 Å². The standard InChI is InChI=1S/C27H28ClN5O2/c1-27(11-23(34)35)15-33(22-6-4-3-5-20(22)27)25-21(28)12-29-26(31-25)30-19-9-16-7-8-17-13-32(2)14-18(10-19)24(16)17/h3-6,9-10,12,17H,7-8,11,13-15H2,1-2H3,(H,34,35)(H,29,30,31). The molecule has 2 atom stereocenters. The Bertz CT molecular complexity index is 1350. The van der Waals surface area contributed by atoms with Crippen molar-refractivity contribution in [3.05, 3.63) is 69.9 Å². The molecular formula is C27H28ClN5O2. The second-order valence-corrected chi connectivity index (χ2v) is 10.8. The summed E-state index contributed by atoms with van der Waals surface area (Å²) in [5, 5.41) is 13.4. The Balaban J connectivity index is 1.34. The fourth-order valence-corrected chi connectivity index (χ4v) is 6.44. The number of carboxylic acids is 1. The normalized spacial score (nSPS) is 22.7. The molecule has 0 saturated carbocycles. The first-order valence-corrected chi connectivity index (χ1v) is 12.4. The van der Waals surface area contributed by atoms with Crippen molar-refractivity contribution in [1.82, 2.24) is 14.9 Å². The number of halogens is 1. The Morgan fingerprint density at radius 1 is 1.29 bits per heavy atom. The minimum absolute atomic E-state index is 0.0294. The van der Waals surface area contributed by atoms with Crippen LogP contribution in [0.15, 0.2) is 42.6 Å². The fourth-order valence-electron chi connectivity index (χ4n) is 6.25. The zero-order valence-electron chi connectivity index (χ0n) is 19.9. The molecule has 180 valence electrons. The van der Waals surface area contributed by atoms with Crippen molar-refractivity contribution in [1.29, 1.82) is 0 Å². The largest absolute Gasteiger partial charge is 0.481 e.